The van der Waals surface area contributed by atoms with E-state index in [1.807, 2.05) is 6.07 Å². The van der Waals surface area contributed by atoms with Crippen LogP contribution in [-0.4, -0.2) is 15.0 Å². The van der Waals surface area contributed by atoms with Crippen LogP contribution < -0.4 is 4.72 Å². The van der Waals surface area contributed by atoms with Gasteiger partial charge in [0.2, 0.25) is 10.0 Å². The van der Waals surface area contributed by atoms with Gasteiger partial charge in [0.1, 0.15) is 0 Å². The second kappa shape index (κ2) is 10.9. The molecule has 0 atom stereocenters. The van der Waals surface area contributed by atoms with E-state index in [1.165, 1.54) is 11.1 Å². The lowest BCUT2D eigenvalue weighted by molar-refractivity contribution is 0.562. The molecule has 3 rings (SSSR count). The number of sulfonamides is 1. The lowest BCUT2D eigenvalue weighted by Gasteiger charge is -2.18. The minimum absolute atomic E-state index is 0.327. The molecule has 3 aromatic carbocycles. The van der Waals surface area contributed by atoms with Crippen molar-refractivity contribution >= 4 is 10.0 Å². The lowest BCUT2D eigenvalue weighted by Crippen LogP contribution is -2.24. The van der Waals surface area contributed by atoms with Crippen LogP contribution in [0, 0.1) is 0 Å². The van der Waals surface area contributed by atoms with Gasteiger partial charge in [-0.2, -0.15) is 0 Å². The molecule has 3 nitrogen and oxygen atoms in total. The van der Waals surface area contributed by atoms with Gasteiger partial charge in [-0.15, -0.1) is 0 Å². The Hall–Kier alpha value is -2.43. The maximum Gasteiger partial charge on any atom is 0.240 e. The molecule has 0 unspecified atom stereocenters. The first kappa shape index (κ1) is 21.3. The zero-order valence-electron chi connectivity index (χ0n) is 16.7. The third kappa shape index (κ3) is 6.55. The summed E-state index contributed by atoms with van der Waals surface area (Å²) >= 11 is 0. The predicted octanol–water partition coefficient (Wildman–Crippen LogP) is 5.75. The zero-order chi connectivity index (χ0) is 20.4. The molecule has 3 aromatic rings. The van der Waals surface area contributed by atoms with Gasteiger partial charge in [-0.05, 0) is 36.1 Å². The monoisotopic (exact) mass is 407 g/mol. The SMILES string of the molecule is O=S(=O)(NCCCCCCC(c1ccccc1)c1ccccc1)c1ccccc1. The van der Waals surface area contributed by atoms with E-state index in [2.05, 4.69) is 65.4 Å². The molecule has 4 heteroatoms. The molecule has 0 amide bonds. The summed E-state index contributed by atoms with van der Waals surface area (Å²) in [5.41, 5.74) is 2.71. The van der Waals surface area contributed by atoms with Crippen molar-refractivity contribution in [2.45, 2.75) is 42.9 Å². The summed E-state index contributed by atoms with van der Waals surface area (Å²) in [4.78, 5) is 0.327. The van der Waals surface area contributed by atoms with E-state index in [-0.39, 0.29) is 0 Å². The Balaban J connectivity index is 1.43. The number of unbranched alkanes of at least 4 members (excludes halogenated alkanes) is 3. The van der Waals surface area contributed by atoms with E-state index < -0.39 is 10.0 Å². The van der Waals surface area contributed by atoms with Crippen LogP contribution in [0.2, 0.25) is 0 Å². The van der Waals surface area contributed by atoms with Gasteiger partial charge in [0.25, 0.3) is 0 Å². The Bertz CT molecular complexity index is 902. The maximum atomic E-state index is 12.2. The normalized spacial score (nSPS) is 11.6. The van der Waals surface area contributed by atoms with Crippen molar-refractivity contribution < 1.29 is 8.42 Å². The quantitative estimate of drug-likeness (QED) is 0.412. The highest BCUT2D eigenvalue weighted by Crippen LogP contribution is 2.29. The Labute approximate surface area is 174 Å². The number of hydrogen-bond acceptors (Lipinski definition) is 2. The summed E-state index contributed by atoms with van der Waals surface area (Å²) < 4.78 is 27.1. The summed E-state index contributed by atoms with van der Waals surface area (Å²) in [6, 6.07) is 29.9. The molecule has 0 aliphatic rings. The minimum Gasteiger partial charge on any atom is -0.211 e. The van der Waals surface area contributed by atoms with Crippen LogP contribution in [-0.2, 0) is 10.0 Å². The number of benzene rings is 3. The molecule has 0 saturated heterocycles. The van der Waals surface area contributed by atoms with Crippen LogP contribution in [0.4, 0.5) is 0 Å². The van der Waals surface area contributed by atoms with Crippen LogP contribution >= 0.6 is 0 Å². The van der Waals surface area contributed by atoms with E-state index >= 15 is 0 Å². The average molecular weight is 408 g/mol. The molecule has 0 aliphatic heterocycles. The van der Waals surface area contributed by atoms with Gasteiger partial charge in [-0.1, -0.05) is 98.1 Å². The topological polar surface area (TPSA) is 46.2 Å². The summed E-state index contributed by atoms with van der Waals surface area (Å²) in [5.74, 6) is 0.411. The average Bonchev–Trinajstić information content (AvgIpc) is 2.77. The van der Waals surface area contributed by atoms with Gasteiger partial charge in [-0.25, -0.2) is 13.1 Å². The van der Waals surface area contributed by atoms with Crippen molar-refractivity contribution in [1.29, 1.82) is 0 Å². The zero-order valence-corrected chi connectivity index (χ0v) is 17.5. The Kier molecular flexibility index (Phi) is 8.03. The molecule has 1 N–H and O–H groups in total. The van der Waals surface area contributed by atoms with Crippen LogP contribution in [0.25, 0.3) is 0 Å². The van der Waals surface area contributed by atoms with Crippen LogP contribution in [0.15, 0.2) is 95.9 Å². The number of rotatable bonds is 11. The highest BCUT2D eigenvalue weighted by atomic mass is 32.2. The fourth-order valence-corrected chi connectivity index (χ4v) is 4.71. The van der Waals surface area contributed by atoms with Gasteiger partial charge < -0.3 is 0 Å². The molecule has 0 aromatic heterocycles. The highest BCUT2D eigenvalue weighted by molar-refractivity contribution is 7.89. The standard InChI is InChI=1S/C25H29NO2S/c27-29(28,24-18-10-5-11-19-24)26-21-13-2-1-12-20-25(22-14-6-3-7-15-22)23-16-8-4-9-17-23/h3-11,14-19,25-26H,1-2,12-13,20-21H2. The predicted molar refractivity (Wildman–Crippen MR) is 119 cm³/mol. The molecule has 29 heavy (non-hydrogen) atoms. The molecule has 0 fully saturated rings. The van der Waals surface area contributed by atoms with E-state index in [9.17, 15) is 8.42 Å². The molecule has 0 saturated carbocycles. The van der Waals surface area contributed by atoms with Crippen LogP contribution in [0.3, 0.4) is 0 Å². The third-order valence-corrected chi connectivity index (χ3v) is 6.65. The lowest BCUT2D eigenvalue weighted by atomic mass is 9.87. The van der Waals surface area contributed by atoms with Crippen LogP contribution in [0.5, 0.6) is 0 Å². The maximum absolute atomic E-state index is 12.2. The van der Waals surface area contributed by atoms with E-state index in [0.29, 0.717) is 17.4 Å². The van der Waals surface area contributed by atoms with Crippen molar-refractivity contribution in [1.82, 2.24) is 4.72 Å². The van der Waals surface area contributed by atoms with Gasteiger partial charge in [0.15, 0.2) is 0 Å². The van der Waals surface area contributed by atoms with Gasteiger partial charge in [-0.3, -0.25) is 0 Å². The molecular formula is C25H29NO2S. The first-order valence-corrected chi connectivity index (χ1v) is 11.8. The summed E-state index contributed by atoms with van der Waals surface area (Å²) in [5, 5.41) is 0. The molecule has 0 heterocycles. The Morgan fingerprint density at radius 2 is 1.10 bits per heavy atom. The van der Waals surface area contributed by atoms with Gasteiger partial charge in [0.05, 0.1) is 4.90 Å². The summed E-state index contributed by atoms with van der Waals surface area (Å²) in [6.45, 7) is 0.484. The van der Waals surface area contributed by atoms with Crippen molar-refractivity contribution in [3.63, 3.8) is 0 Å². The number of nitrogens with one attached hydrogen (secondary N) is 1. The summed E-state index contributed by atoms with van der Waals surface area (Å²) in [7, 11) is -3.39. The van der Waals surface area contributed by atoms with Crippen LogP contribution in [0.1, 0.15) is 49.1 Å². The Morgan fingerprint density at radius 3 is 1.66 bits per heavy atom. The second-order valence-electron chi connectivity index (χ2n) is 7.29. The van der Waals surface area contributed by atoms with E-state index in [1.54, 1.807) is 24.3 Å². The number of hydrogen-bond donors (Lipinski definition) is 1. The largest absolute Gasteiger partial charge is 0.240 e. The van der Waals surface area contributed by atoms with Gasteiger partial charge in [0, 0.05) is 12.5 Å². The molecular weight excluding hydrogens is 378 g/mol. The fraction of sp³-hybridized carbons (Fsp3) is 0.280. The minimum atomic E-state index is -3.39. The van der Waals surface area contributed by atoms with Crippen molar-refractivity contribution in [3.8, 4) is 0 Å². The van der Waals surface area contributed by atoms with E-state index in [0.717, 1.165) is 32.1 Å². The first-order chi connectivity index (χ1) is 14.2. The molecule has 0 spiro atoms. The second-order valence-corrected chi connectivity index (χ2v) is 9.05. The van der Waals surface area contributed by atoms with Crippen molar-refractivity contribution in [3.05, 3.63) is 102 Å². The smallest absolute Gasteiger partial charge is 0.211 e. The van der Waals surface area contributed by atoms with Gasteiger partial charge >= 0.3 is 0 Å². The first-order valence-electron chi connectivity index (χ1n) is 10.3. The Morgan fingerprint density at radius 1 is 0.621 bits per heavy atom. The summed E-state index contributed by atoms with van der Waals surface area (Å²) in [6.07, 6.45) is 5.20. The van der Waals surface area contributed by atoms with Crippen molar-refractivity contribution in [2.75, 3.05) is 6.54 Å². The highest BCUT2D eigenvalue weighted by Gasteiger charge is 2.14. The molecule has 0 aliphatic carbocycles. The fourth-order valence-electron chi connectivity index (χ4n) is 3.61. The third-order valence-electron chi connectivity index (χ3n) is 5.17. The molecule has 152 valence electrons. The van der Waals surface area contributed by atoms with E-state index in [4.69, 9.17) is 0 Å². The van der Waals surface area contributed by atoms with Crippen molar-refractivity contribution in [2.24, 2.45) is 0 Å². The molecule has 0 bridgehead atoms. The molecule has 0 radical (unpaired) electrons.